The molecule has 5 heteroatoms. The summed E-state index contributed by atoms with van der Waals surface area (Å²) in [6.07, 6.45) is 0. The number of halogens is 2. The van der Waals surface area contributed by atoms with Crippen LogP contribution in [0.5, 0.6) is 0 Å². The van der Waals surface area contributed by atoms with E-state index in [4.69, 9.17) is 27.9 Å². The zero-order chi connectivity index (χ0) is 18.0. The zero-order valence-corrected chi connectivity index (χ0v) is 15.4. The lowest BCUT2D eigenvalue weighted by Crippen LogP contribution is -2.07. The molecule has 0 bridgehead atoms. The summed E-state index contributed by atoms with van der Waals surface area (Å²) in [6, 6.07) is 16.8. The first-order valence-electron chi connectivity index (χ1n) is 7.93. The third kappa shape index (κ3) is 3.44. The van der Waals surface area contributed by atoms with Crippen LogP contribution in [0.15, 0.2) is 54.6 Å². The van der Waals surface area contributed by atoms with Gasteiger partial charge in [0.15, 0.2) is 0 Å². The highest BCUT2D eigenvalue weighted by molar-refractivity contribution is 6.32. The van der Waals surface area contributed by atoms with E-state index in [0.29, 0.717) is 22.2 Å². The second-order valence-electron chi connectivity index (χ2n) is 5.54. The van der Waals surface area contributed by atoms with Crippen molar-refractivity contribution in [3.8, 4) is 16.9 Å². The predicted octanol–water partition coefficient (Wildman–Crippen LogP) is 5.94. The Labute approximate surface area is 156 Å². The van der Waals surface area contributed by atoms with Crippen LogP contribution in [-0.2, 0) is 4.74 Å². The van der Waals surface area contributed by atoms with Crippen molar-refractivity contribution in [1.29, 1.82) is 0 Å². The molecule has 2 aromatic carbocycles. The highest BCUT2D eigenvalue weighted by atomic mass is 35.5. The van der Waals surface area contributed by atoms with Gasteiger partial charge in [-0.3, -0.25) is 0 Å². The lowest BCUT2D eigenvalue weighted by atomic mass is 10.1. The number of carbonyl (C=O) groups is 1. The van der Waals surface area contributed by atoms with Gasteiger partial charge in [-0.15, -0.1) is 0 Å². The Bertz CT molecular complexity index is 914. The molecule has 1 aromatic heterocycles. The minimum Gasteiger partial charge on any atom is -0.462 e. The molecule has 0 saturated heterocycles. The monoisotopic (exact) mass is 373 g/mol. The van der Waals surface area contributed by atoms with Crippen LogP contribution >= 0.6 is 23.2 Å². The maximum absolute atomic E-state index is 12.3. The fourth-order valence-electron chi connectivity index (χ4n) is 2.80. The van der Waals surface area contributed by atoms with Gasteiger partial charge in [0.1, 0.15) is 0 Å². The van der Waals surface area contributed by atoms with Gasteiger partial charge in [0, 0.05) is 10.7 Å². The molecule has 3 nitrogen and oxygen atoms in total. The number of rotatable bonds is 4. The number of aromatic nitrogens is 1. The molecule has 0 fully saturated rings. The number of hydrogen-bond acceptors (Lipinski definition) is 2. The standard InChI is InChI=1S/C20H17Cl2NO2/c1-3-25-20(24)16-12-19(14-8-10-15(21)11-9-14)23(13(16)2)18-7-5-4-6-17(18)22/h4-12H,3H2,1-2H3. The SMILES string of the molecule is CCOC(=O)c1cc(-c2ccc(Cl)cc2)n(-c2ccccc2Cl)c1C. The summed E-state index contributed by atoms with van der Waals surface area (Å²) in [7, 11) is 0. The molecule has 25 heavy (non-hydrogen) atoms. The van der Waals surface area contributed by atoms with Crippen LogP contribution in [0.3, 0.4) is 0 Å². The summed E-state index contributed by atoms with van der Waals surface area (Å²) in [5, 5.41) is 1.26. The van der Waals surface area contributed by atoms with E-state index in [9.17, 15) is 4.79 Å². The molecule has 0 radical (unpaired) electrons. The number of nitrogens with zero attached hydrogens (tertiary/aromatic N) is 1. The topological polar surface area (TPSA) is 31.2 Å². The minimum absolute atomic E-state index is 0.325. The molecule has 128 valence electrons. The molecular weight excluding hydrogens is 357 g/mol. The second kappa shape index (κ2) is 7.34. The fraction of sp³-hybridized carbons (Fsp3) is 0.150. The first kappa shape index (κ1) is 17.6. The predicted molar refractivity (Wildman–Crippen MR) is 102 cm³/mol. The molecule has 0 aliphatic carbocycles. The summed E-state index contributed by atoms with van der Waals surface area (Å²) >= 11 is 12.4. The van der Waals surface area contributed by atoms with Crippen molar-refractivity contribution < 1.29 is 9.53 Å². The molecule has 0 aliphatic heterocycles. The van der Waals surface area contributed by atoms with E-state index in [-0.39, 0.29) is 5.97 Å². The van der Waals surface area contributed by atoms with E-state index in [1.807, 2.05) is 66.1 Å². The summed E-state index contributed by atoms with van der Waals surface area (Å²) in [6.45, 7) is 4.00. The quantitative estimate of drug-likeness (QED) is 0.530. The number of ether oxygens (including phenoxy) is 1. The Hall–Kier alpha value is -2.23. The Morgan fingerprint density at radius 3 is 2.40 bits per heavy atom. The fourth-order valence-corrected chi connectivity index (χ4v) is 3.15. The maximum atomic E-state index is 12.3. The highest BCUT2D eigenvalue weighted by Gasteiger charge is 2.21. The van der Waals surface area contributed by atoms with E-state index >= 15 is 0 Å². The lowest BCUT2D eigenvalue weighted by molar-refractivity contribution is 0.0525. The van der Waals surface area contributed by atoms with Crippen LogP contribution in [0.2, 0.25) is 10.0 Å². The lowest BCUT2D eigenvalue weighted by Gasteiger charge is -2.14. The van der Waals surface area contributed by atoms with Crippen molar-refractivity contribution in [2.24, 2.45) is 0 Å². The number of benzene rings is 2. The Balaban J connectivity index is 2.25. The van der Waals surface area contributed by atoms with E-state index < -0.39 is 0 Å². The molecule has 0 saturated carbocycles. The Morgan fingerprint density at radius 2 is 1.76 bits per heavy atom. The van der Waals surface area contributed by atoms with Gasteiger partial charge < -0.3 is 9.30 Å². The van der Waals surface area contributed by atoms with Crippen molar-refractivity contribution in [2.75, 3.05) is 6.61 Å². The first-order valence-corrected chi connectivity index (χ1v) is 8.68. The summed E-state index contributed by atoms with van der Waals surface area (Å²) in [5.74, 6) is -0.346. The molecule has 0 spiro atoms. The molecule has 0 N–H and O–H groups in total. The summed E-state index contributed by atoms with van der Waals surface area (Å²) < 4.78 is 7.16. The zero-order valence-electron chi connectivity index (χ0n) is 13.9. The molecular formula is C20H17Cl2NO2. The summed E-state index contributed by atoms with van der Waals surface area (Å²) in [5.41, 5.74) is 3.89. The number of carbonyl (C=O) groups excluding carboxylic acids is 1. The minimum atomic E-state index is -0.346. The average molecular weight is 374 g/mol. The molecule has 1 heterocycles. The van der Waals surface area contributed by atoms with Gasteiger partial charge in [-0.25, -0.2) is 4.79 Å². The molecule has 3 rings (SSSR count). The van der Waals surface area contributed by atoms with Crippen LogP contribution in [0.4, 0.5) is 0 Å². The van der Waals surface area contributed by atoms with Crippen molar-refractivity contribution in [2.45, 2.75) is 13.8 Å². The van der Waals surface area contributed by atoms with Gasteiger partial charge >= 0.3 is 5.97 Å². The first-order chi connectivity index (χ1) is 12.0. The van der Waals surface area contributed by atoms with Gasteiger partial charge in [-0.05, 0) is 49.7 Å². The van der Waals surface area contributed by atoms with E-state index in [0.717, 1.165) is 22.6 Å². The van der Waals surface area contributed by atoms with Crippen LogP contribution in [0.25, 0.3) is 16.9 Å². The Kier molecular flexibility index (Phi) is 5.16. The smallest absolute Gasteiger partial charge is 0.339 e. The molecule has 0 amide bonds. The van der Waals surface area contributed by atoms with Crippen molar-refractivity contribution >= 4 is 29.2 Å². The molecule has 3 aromatic rings. The molecule has 0 aliphatic rings. The van der Waals surface area contributed by atoms with Gasteiger partial charge in [-0.1, -0.05) is 47.5 Å². The van der Waals surface area contributed by atoms with Crippen LogP contribution < -0.4 is 0 Å². The highest BCUT2D eigenvalue weighted by Crippen LogP contribution is 2.33. The van der Waals surface area contributed by atoms with Gasteiger partial charge in [-0.2, -0.15) is 0 Å². The average Bonchev–Trinajstić information content (AvgIpc) is 2.94. The van der Waals surface area contributed by atoms with E-state index in [1.165, 1.54) is 0 Å². The van der Waals surface area contributed by atoms with Crippen LogP contribution in [0, 0.1) is 6.92 Å². The van der Waals surface area contributed by atoms with Crippen LogP contribution in [0.1, 0.15) is 23.0 Å². The normalized spacial score (nSPS) is 10.7. The third-order valence-corrected chi connectivity index (χ3v) is 4.55. The molecule has 0 unspecified atom stereocenters. The van der Waals surface area contributed by atoms with E-state index in [1.54, 1.807) is 6.92 Å². The van der Waals surface area contributed by atoms with Gasteiger partial charge in [0.25, 0.3) is 0 Å². The second-order valence-corrected chi connectivity index (χ2v) is 6.39. The molecule has 0 atom stereocenters. The van der Waals surface area contributed by atoms with Gasteiger partial charge in [0.2, 0.25) is 0 Å². The number of para-hydroxylation sites is 1. The number of hydrogen-bond donors (Lipinski definition) is 0. The summed E-state index contributed by atoms with van der Waals surface area (Å²) in [4.78, 5) is 12.3. The largest absolute Gasteiger partial charge is 0.462 e. The van der Waals surface area contributed by atoms with Crippen molar-refractivity contribution in [3.05, 3.63) is 75.9 Å². The van der Waals surface area contributed by atoms with Crippen molar-refractivity contribution in [1.82, 2.24) is 4.57 Å². The maximum Gasteiger partial charge on any atom is 0.339 e. The van der Waals surface area contributed by atoms with Crippen molar-refractivity contribution in [3.63, 3.8) is 0 Å². The van der Waals surface area contributed by atoms with Gasteiger partial charge in [0.05, 0.1) is 28.6 Å². The Morgan fingerprint density at radius 1 is 1.08 bits per heavy atom. The van der Waals surface area contributed by atoms with E-state index in [2.05, 4.69) is 0 Å². The van der Waals surface area contributed by atoms with Crippen LogP contribution in [-0.4, -0.2) is 17.1 Å². The third-order valence-electron chi connectivity index (χ3n) is 3.98. The number of esters is 1.